The molecule has 0 aromatic heterocycles. The lowest BCUT2D eigenvalue weighted by atomic mass is 9.98. The van der Waals surface area contributed by atoms with Crippen molar-refractivity contribution in [1.29, 1.82) is 0 Å². The van der Waals surface area contributed by atoms with Gasteiger partial charge in [0.15, 0.2) is 6.04 Å². The molecule has 0 saturated heterocycles. The van der Waals surface area contributed by atoms with E-state index in [9.17, 15) is 29.1 Å². The highest BCUT2D eigenvalue weighted by atomic mass is 16.6. The molecule has 12 nitrogen and oxygen atoms in total. The number of hydrogen-bond donors (Lipinski definition) is 3. The van der Waals surface area contributed by atoms with Crippen LogP contribution in [0.1, 0.15) is 71.9 Å². The Hall–Kier alpha value is -4.61. The molecule has 2 aromatic carbocycles. The maximum Gasteiger partial charge on any atom is 0.408 e. The Balaban J connectivity index is 1.72. The number of ether oxygens (including phenoxy) is 4. The van der Waals surface area contributed by atoms with Gasteiger partial charge >= 0.3 is 30.1 Å². The molecule has 12 heteroatoms. The monoisotopic (exact) mass is 612 g/mol. The van der Waals surface area contributed by atoms with Gasteiger partial charge in [-0.2, -0.15) is 0 Å². The summed E-state index contributed by atoms with van der Waals surface area (Å²) in [5.74, 6) is -3.69. The molecule has 0 saturated carbocycles. The molecule has 0 spiro atoms. The number of benzene rings is 2. The highest BCUT2D eigenvalue weighted by Gasteiger charge is 2.36. The molecule has 3 N–H and O–H groups in total. The summed E-state index contributed by atoms with van der Waals surface area (Å²) in [7, 11) is 0. The van der Waals surface area contributed by atoms with Crippen LogP contribution in [0, 0.1) is 0 Å². The van der Waals surface area contributed by atoms with Crippen LogP contribution in [0.25, 0.3) is 11.1 Å². The fraction of sp³-hybridized carbons (Fsp3) is 0.469. The fourth-order valence-corrected chi connectivity index (χ4v) is 4.67. The summed E-state index contributed by atoms with van der Waals surface area (Å²) in [6.07, 6.45) is -4.07. The maximum absolute atomic E-state index is 13.2. The Labute approximate surface area is 256 Å². The lowest BCUT2D eigenvalue weighted by Gasteiger charge is -2.26. The average molecular weight is 613 g/mol. The van der Waals surface area contributed by atoms with E-state index in [0.717, 1.165) is 22.3 Å². The normalized spacial score (nSPS) is 14.6. The molecule has 238 valence electrons. The molecule has 3 atom stereocenters. The summed E-state index contributed by atoms with van der Waals surface area (Å²) >= 11 is 0. The number of rotatable bonds is 10. The molecule has 3 rings (SSSR count). The van der Waals surface area contributed by atoms with Crippen LogP contribution < -0.4 is 10.6 Å². The number of esters is 2. The Bertz CT molecular complexity index is 1350. The van der Waals surface area contributed by atoms with E-state index in [4.69, 9.17) is 18.9 Å². The minimum atomic E-state index is -1.69. The second kappa shape index (κ2) is 13.8. The molecule has 3 unspecified atom stereocenters. The number of alkyl carbamates (subject to hydrolysis) is 2. The SMILES string of the molecule is CC(OC(=O)C(CC(=O)OC(C)(C)C)NC(=O)OCC1c2ccccc2-c2ccccc21)C(NC(=O)OC(C)(C)C)C(=O)O. The number of amides is 2. The topological polar surface area (TPSA) is 167 Å². The summed E-state index contributed by atoms with van der Waals surface area (Å²) < 4.78 is 21.2. The van der Waals surface area contributed by atoms with Crippen molar-refractivity contribution in [2.75, 3.05) is 6.61 Å². The van der Waals surface area contributed by atoms with Crippen LogP contribution in [-0.4, -0.2) is 71.2 Å². The molecule has 0 heterocycles. The van der Waals surface area contributed by atoms with Gasteiger partial charge in [-0.15, -0.1) is 0 Å². The van der Waals surface area contributed by atoms with Gasteiger partial charge in [-0.05, 0) is 70.7 Å². The lowest BCUT2D eigenvalue weighted by molar-refractivity contribution is -0.163. The zero-order chi connectivity index (χ0) is 32.8. The number of aliphatic carboxylic acids is 1. The Kier molecular flexibility index (Phi) is 10.6. The van der Waals surface area contributed by atoms with Crippen LogP contribution in [0.4, 0.5) is 9.59 Å². The quantitative estimate of drug-likeness (QED) is 0.256. The molecule has 2 aromatic rings. The molecule has 1 aliphatic carbocycles. The van der Waals surface area contributed by atoms with Crippen LogP contribution in [0.2, 0.25) is 0 Å². The first kappa shape index (κ1) is 33.9. The van der Waals surface area contributed by atoms with Gasteiger partial charge < -0.3 is 34.7 Å². The van der Waals surface area contributed by atoms with Crippen molar-refractivity contribution in [1.82, 2.24) is 10.6 Å². The number of nitrogens with one attached hydrogen (secondary N) is 2. The van der Waals surface area contributed by atoms with E-state index in [1.807, 2.05) is 48.5 Å². The summed E-state index contributed by atoms with van der Waals surface area (Å²) in [5.41, 5.74) is 2.25. The fourth-order valence-electron chi connectivity index (χ4n) is 4.67. The number of fused-ring (bicyclic) bond motifs is 3. The Morgan fingerprint density at radius 3 is 1.82 bits per heavy atom. The third-order valence-corrected chi connectivity index (χ3v) is 6.42. The summed E-state index contributed by atoms with van der Waals surface area (Å²) in [6.45, 7) is 10.9. The number of carbonyl (C=O) groups excluding carboxylic acids is 4. The lowest BCUT2D eigenvalue weighted by Crippen LogP contribution is -2.52. The summed E-state index contributed by atoms with van der Waals surface area (Å²) in [6, 6.07) is 12.3. The van der Waals surface area contributed by atoms with Crippen molar-refractivity contribution in [3.63, 3.8) is 0 Å². The van der Waals surface area contributed by atoms with E-state index in [1.54, 1.807) is 41.5 Å². The van der Waals surface area contributed by atoms with Gasteiger partial charge in [-0.3, -0.25) is 4.79 Å². The number of carboxylic acids is 1. The summed E-state index contributed by atoms with van der Waals surface area (Å²) in [5, 5.41) is 14.2. The van der Waals surface area contributed by atoms with Gasteiger partial charge in [-0.25, -0.2) is 19.2 Å². The van der Waals surface area contributed by atoms with Crippen LogP contribution >= 0.6 is 0 Å². The molecule has 0 radical (unpaired) electrons. The van der Waals surface area contributed by atoms with E-state index in [2.05, 4.69) is 10.6 Å². The molecule has 0 bridgehead atoms. The van der Waals surface area contributed by atoms with E-state index in [1.165, 1.54) is 6.92 Å². The van der Waals surface area contributed by atoms with E-state index < -0.39 is 65.9 Å². The number of carbonyl (C=O) groups is 5. The van der Waals surface area contributed by atoms with E-state index in [-0.39, 0.29) is 12.5 Å². The van der Waals surface area contributed by atoms with Crippen molar-refractivity contribution in [3.8, 4) is 11.1 Å². The second-order valence-corrected chi connectivity index (χ2v) is 12.4. The maximum atomic E-state index is 13.2. The Morgan fingerprint density at radius 1 is 0.795 bits per heavy atom. The largest absolute Gasteiger partial charge is 0.480 e. The molecule has 0 fully saturated rings. The van der Waals surface area contributed by atoms with Crippen molar-refractivity contribution >= 4 is 30.1 Å². The van der Waals surface area contributed by atoms with Crippen molar-refractivity contribution < 1.29 is 48.0 Å². The van der Waals surface area contributed by atoms with Crippen LogP contribution in [0.5, 0.6) is 0 Å². The van der Waals surface area contributed by atoms with Crippen LogP contribution in [0.15, 0.2) is 48.5 Å². The minimum Gasteiger partial charge on any atom is -0.480 e. The van der Waals surface area contributed by atoms with Crippen molar-refractivity contribution in [2.45, 2.75) is 90.2 Å². The smallest absolute Gasteiger partial charge is 0.408 e. The van der Waals surface area contributed by atoms with Crippen LogP contribution in [-0.2, 0) is 33.3 Å². The van der Waals surface area contributed by atoms with E-state index >= 15 is 0 Å². The third kappa shape index (κ3) is 9.45. The van der Waals surface area contributed by atoms with Crippen molar-refractivity contribution in [3.05, 3.63) is 59.7 Å². The van der Waals surface area contributed by atoms with Gasteiger partial charge in [0, 0.05) is 5.92 Å². The molecular weight excluding hydrogens is 572 g/mol. The van der Waals surface area contributed by atoms with Crippen LogP contribution in [0.3, 0.4) is 0 Å². The second-order valence-electron chi connectivity index (χ2n) is 12.4. The van der Waals surface area contributed by atoms with Gasteiger partial charge in [0.25, 0.3) is 0 Å². The van der Waals surface area contributed by atoms with Gasteiger partial charge in [-0.1, -0.05) is 48.5 Å². The van der Waals surface area contributed by atoms with Gasteiger partial charge in [0.2, 0.25) is 0 Å². The van der Waals surface area contributed by atoms with Crippen molar-refractivity contribution in [2.24, 2.45) is 0 Å². The standard InChI is InChI=1S/C32H40N2O10/c1-18(26(27(36)37)34-30(40)44-32(5,6)7)42-28(38)24(16-25(35)43-31(2,3)4)33-29(39)41-17-23-21-14-10-8-12-19(21)20-13-9-11-15-22(20)23/h8-15,18,23-24,26H,16-17H2,1-7H3,(H,33,39)(H,34,40)(H,36,37). The molecule has 2 amide bonds. The zero-order valence-corrected chi connectivity index (χ0v) is 26.0. The predicted octanol–water partition coefficient (Wildman–Crippen LogP) is 4.54. The Morgan fingerprint density at radius 2 is 1.32 bits per heavy atom. The first-order chi connectivity index (χ1) is 20.4. The predicted molar refractivity (Wildman–Crippen MR) is 159 cm³/mol. The van der Waals surface area contributed by atoms with Gasteiger partial charge in [0.1, 0.15) is 30.0 Å². The van der Waals surface area contributed by atoms with Gasteiger partial charge in [0.05, 0.1) is 6.42 Å². The first-order valence-corrected chi connectivity index (χ1v) is 14.2. The highest BCUT2D eigenvalue weighted by Crippen LogP contribution is 2.44. The highest BCUT2D eigenvalue weighted by molar-refractivity contribution is 5.87. The molecular formula is C32H40N2O10. The first-order valence-electron chi connectivity index (χ1n) is 14.2. The third-order valence-electron chi connectivity index (χ3n) is 6.42. The minimum absolute atomic E-state index is 0.0502. The molecule has 1 aliphatic rings. The molecule has 44 heavy (non-hydrogen) atoms. The van der Waals surface area contributed by atoms with E-state index in [0.29, 0.717) is 0 Å². The summed E-state index contributed by atoms with van der Waals surface area (Å²) in [4.78, 5) is 62.8. The number of hydrogen-bond acceptors (Lipinski definition) is 9. The zero-order valence-electron chi connectivity index (χ0n) is 26.0. The average Bonchev–Trinajstić information content (AvgIpc) is 3.21. The molecule has 0 aliphatic heterocycles. The number of carboxylic acid groups (broad SMARTS) is 1.